The van der Waals surface area contributed by atoms with Gasteiger partial charge in [-0.25, -0.2) is 22.8 Å². The summed E-state index contributed by atoms with van der Waals surface area (Å²) in [5.74, 6) is 4.13. The lowest BCUT2D eigenvalue weighted by molar-refractivity contribution is -0.659. The van der Waals surface area contributed by atoms with Gasteiger partial charge in [-0.05, 0) is 195 Å². The van der Waals surface area contributed by atoms with Crippen LogP contribution in [0.2, 0.25) is 98.2 Å². The van der Waals surface area contributed by atoms with Crippen LogP contribution < -0.4 is 48.8 Å². The van der Waals surface area contributed by atoms with Gasteiger partial charge >= 0.3 is 0 Å². The predicted octanol–water partition coefficient (Wildman–Crippen LogP) is 24.7. The third-order valence-corrected chi connectivity index (χ3v) is 37.8. The first-order chi connectivity index (χ1) is 56.7. The molecule has 10 aromatic rings. The van der Waals surface area contributed by atoms with Crippen molar-refractivity contribution in [1.29, 1.82) is 0 Å². The number of benzene rings is 5. The first-order valence-corrected chi connectivity index (χ1v) is 64.7. The molecule has 5 aromatic carbocycles. The van der Waals surface area contributed by atoms with Gasteiger partial charge in [-0.2, -0.15) is 0 Å². The Hall–Kier alpha value is -7.07. The van der Waals surface area contributed by atoms with Crippen molar-refractivity contribution < 1.29 is 22.8 Å². The molecule has 642 valence electrons. The van der Waals surface area contributed by atoms with Crippen molar-refractivity contribution in [2.75, 3.05) is 0 Å². The lowest BCUT2D eigenvalue weighted by atomic mass is 9.83. The Labute approximate surface area is 737 Å². The zero-order valence-corrected chi connectivity index (χ0v) is 85.7. The van der Waals surface area contributed by atoms with Crippen molar-refractivity contribution in [3.8, 4) is 56.3 Å². The highest BCUT2D eigenvalue weighted by molar-refractivity contribution is 6.90. The quantitative estimate of drug-likeness (QED) is 0.0535. The summed E-state index contributed by atoms with van der Waals surface area (Å²) in [5.41, 5.74) is 28.6. The summed E-state index contributed by atoms with van der Waals surface area (Å²) in [4.78, 5) is 0. The van der Waals surface area contributed by atoms with Crippen LogP contribution >= 0.6 is 0 Å². The fourth-order valence-corrected chi connectivity index (χ4v) is 28.9. The normalized spacial score (nSPS) is 15.3. The van der Waals surface area contributed by atoms with Crippen molar-refractivity contribution >= 4 is 66.3 Å². The minimum atomic E-state index is -1.36. The molecular weight excluding hydrogens is 1530 g/mol. The third-order valence-electron chi connectivity index (χ3n) is 27.6. The van der Waals surface area contributed by atoms with Crippen LogP contribution in [0.25, 0.3) is 56.3 Å². The molecule has 0 saturated heterocycles. The summed E-state index contributed by atoms with van der Waals surface area (Å²) in [7, 11) is 4.32. The Balaban J connectivity index is 0.000000158. The van der Waals surface area contributed by atoms with Crippen LogP contribution in [-0.2, 0) is 54.5 Å². The van der Waals surface area contributed by atoms with Gasteiger partial charge in [0, 0.05) is 84.1 Å². The minimum Gasteiger partial charge on any atom is -0.201 e. The summed E-state index contributed by atoms with van der Waals surface area (Å²) in [5, 5.41) is 8.24. The molecular formula is C110H162N5Si5+5. The smallest absolute Gasteiger partial charge is 0.201 e. The maximum Gasteiger partial charge on any atom is 0.212 e. The second kappa shape index (κ2) is 42.1. The molecule has 5 heterocycles. The zero-order chi connectivity index (χ0) is 87.2. The van der Waals surface area contributed by atoms with Crippen LogP contribution in [-0.4, -0.2) is 40.4 Å². The number of nitrogens with zero attached hydrogens (tertiary/aromatic N) is 5. The lowest BCUT2D eigenvalue weighted by Gasteiger charge is -2.28. The van der Waals surface area contributed by atoms with E-state index >= 15 is 0 Å². The van der Waals surface area contributed by atoms with Crippen LogP contribution in [0.4, 0.5) is 0 Å². The van der Waals surface area contributed by atoms with Crippen molar-refractivity contribution in [2.24, 2.45) is 53.0 Å². The molecule has 0 bridgehead atoms. The highest BCUT2D eigenvalue weighted by Crippen LogP contribution is 2.39. The maximum atomic E-state index is 2.53. The standard InChI is InChI=1S/C23H34NSi.2C22H32NSi.C22H34NSi.C21H30NSi/c1-18-11-9-10-14-21(18)22-16-20(15-19-12-7-6-8-13-19)23(17-24(22)2)25(3,4)5;1-17-10-6-9-13-20(17)21-15-19(14-18-11-7-8-12-18)22(16-23(21)2)24(3,4)5;1-17-11-9-10-14-19(17)21-15-20(18-12-7-6-8-13-18)22(16-23(21)2)24(3,4)5;1-8-18(9-2)14-19-15-21(20-13-11-10-12-17(20)3)23(4)16-22(19)24(5,6)7;1-16-10-6-9-13-18(16)20-14-19(17-11-7-8-12-17)21(15-22(20)2)23(3,4)5/h9-11,14,16-17,19H,6-8,12-13,15H2,1-5H3;6,9-10,13,15-16,18H,7-8,11-12,14H2,1-5H3;9-11,14-16,18H,6-8,12-13H2,1-5H3;10-13,15-16,18H,8-9,14H2,1-7H3;6,9-10,13-15,17H,7-8,11-12H2,1-5H3/q5*+1. The van der Waals surface area contributed by atoms with Crippen LogP contribution in [0.15, 0.2) is 183 Å². The van der Waals surface area contributed by atoms with Crippen molar-refractivity contribution in [1.82, 2.24) is 0 Å². The van der Waals surface area contributed by atoms with Crippen LogP contribution in [0.1, 0.15) is 210 Å². The van der Waals surface area contributed by atoms with E-state index < -0.39 is 40.4 Å². The summed E-state index contributed by atoms with van der Waals surface area (Å²) in [6, 6.07) is 56.4. The van der Waals surface area contributed by atoms with E-state index in [1.807, 2.05) is 0 Å². The molecule has 5 aromatic heterocycles. The Morgan fingerprint density at radius 2 is 0.492 bits per heavy atom. The summed E-state index contributed by atoms with van der Waals surface area (Å²) >= 11 is 0. The van der Waals surface area contributed by atoms with E-state index in [1.54, 1.807) is 53.8 Å². The number of pyridine rings is 5. The van der Waals surface area contributed by atoms with Gasteiger partial charge in [0.25, 0.3) is 0 Å². The molecule has 0 spiro atoms. The largest absolute Gasteiger partial charge is 0.212 e. The molecule has 4 aliphatic rings. The summed E-state index contributed by atoms with van der Waals surface area (Å²) in [6.45, 7) is 53.0. The van der Waals surface area contributed by atoms with Crippen molar-refractivity contribution in [2.45, 2.75) is 306 Å². The van der Waals surface area contributed by atoms with Gasteiger partial charge in [-0.1, -0.05) is 306 Å². The fraction of sp³-hybridized carbons (Fsp3) is 0.500. The topological polar surface area (TPSA) is 19.4 Å². The maximum absolute atomic E-state index is 2.53. The van der Waals surface area contributed by atoms with Gasteiger partial charge in [0.05, 0.1) is 40.4 Å². The molecule has 0 N–H and O–H groups in total. The van der Waals surface area contributed by atoms with Crippen LogP contribution in [0.5, 0.6) is 0 Å². The summed E-state index contributed by atoms with van der Waals surface area (Å²) in [6.07, 6.45) is 43.9. The van der Waals surface area contributed by atoms with E-state index in [0.717, 1.165) is 29.6 Å². The van der Waals surface area contributed by atoms with Crippen molar-refractivity contribution in [3.63, 3.8) is 0 Å². The molecule has 0 amide bonds. The van der Waals surface area contributed by atoms with Gasteiger partial charge < -0.3 is 0 Å². The highest BCUT2D eigenvalue weighted by atomic mass is 28.3. The molecule has 0 aliphatic heterocycles. The third kappa shape index (κ3) is 24.9. The SMILES string of the molecule is CCC(CC)Cc1cc(-c2ccccc2C)[n+](C)cc1[Si](C)(C)C.Cc1ccccc1-c1cc(C2CCCC2)c([Si](C)(C)C)c[n+]1C.Cc1ccccc1-c1cc(C2CCCCC2)c([Si](C)(C)C)c[n+]1C.Cc1ccccc1-c1cc(CC2CCCC2)c([Si](C)(C)C)c[n+]1C.Cc1ccccc1-c1cc(CC2CCCCC2)c([Si](C)(C)C)c[n+]1C. The molecule has 0 atom stereocenters. The number of aryl methyl sites for hydroxylation is 10. The first-order valence-electron chi connectivity index (χ1n) is 47.2. The van der Waals surface area contributed by atoms with E-state index in [-0.39, 0.29) is 0 Å². The van der Waals surface area contributed by atoms with Crippen LogP contribution in [0.3, 0.4) is 0 Å². The second-order valence-electron chi connectivity index (χ2n) is 42.5. The van der Waals surface area contributed by atoms with E-state index in [4.69, 9.17) is 0 Å². The van der Waals surface area contributed by atoms with Crippen LogP contribution in [0, 0.1) is 52.4 Å². The Morgan fingerprint density at radius 1 is 0.275 bits per heavy atom. The molecule has 4 fully saturated rings. The Bertz CT molecular complexity index is 4930. The van der Waals surface area contributed by atoms with Gasteiger partial charge in [-0.15, -0.1) is 0 Å². The zero-order valence-electron chi connectivity index (χ0n) is 80.7. The average molecular weight is 1690 g/mol. The second-order valence-corrected chi connectivity index (χ2v) is 67.7. The monoisotopic (exact) mass is 1690 g/mol. The molecule has 5 nitrogen and oxygen atoms in total. The minimum absolute atomic E-state index is 0.768. The molecule has 0 radical (unpaired) electrons. The Kier molecular flexibility index (Phi) is 33.4. The predicted molar refractivity (Wildman–Crippen MR) is 535 cm³/mol. The number of hydrogen-bond donors (Lipinski definition) is 0. The molecule has 10 heteroatoms. The van der Waals surface area contributed by atoms with Gasteiger partial charge in [0.2, 0.25) is 28.5 Å². The molecule has 0 unspecified atom stereocenters. The number of hydrogen-bond acceptors (Lipinski definition) is 0. The molecule has 120 heavy (non-hydrogen) atoms. The molecule has 14 rings (SSSR count). The van der Waals surface area contributed by atoms with Gasteiger partial charge in [0.15, 0.2) is 31.0 Å². The molecule has 4 aliphatic carbocycles. The van der Waals surface area contributed by atoms with E-state index in [0.29, 0.717) is 0 Å². The average Bonchev–Trinajstić information content (AvgIpc) is 1.27. The lowest BCUT2D eigenvalue weighted by Crippen LogP contribution is -2.47. The number of rotatable bonds is 20. The molecule has 4 saturated carbocycles. The fourth-order valence-electron chi connectivity index (χ4n) is 20.3. The van der Waals surface area contributed by atoms with E-state index in [9.17, 15) is 0 Å². The van der Waals surface area contributed by atoms with E-state index in [1.165, 1.54) is 232 Å². The highest BCUT2D eigenvalue weighted by Gasteiger charge is 2.36. The number of aromatic nitrogens is 5. The first kappa shape index (κ1) is 95.2. The van der Waals surface area contributed by atoms with E-state index in [2.05, 4.69) is 387 Å². The summed E-state index contributed by atoms with van der Waals surface area (Å²) < 4.78 is 11.8. The Morgan fingerprint density at radius 3 is 0.750 bits per heavy atom. The van der Waals surface area contributed by atoms with Gasteiger partial charge in [0.1, 0.15) is 35.2 Å². The van der Waals surface area contributed by atoms with Gasteiger partial charge in [-0.3, -0.25) is 0 Å². The van der Waals surface area contributed by atoms with Crippen molar-refractivity contribution in [3.05, 3.63) is 238 Å².